The molecule has 2 heterocycles. The first kappa shape index (κ1) is 16.5. The van der Waals surface area contributed by atoms with Crippen molar-refractivity contribution in [2.75, 3.05) is 6.54 Å². The molecule has 0 aliphatic rings. The zero-order chi connectivity index (χ0) is 16.2. The van der Waals surface area contributed by atoms with Crippen LogP contribution in [-0.4, -0.2) is 28.2 Å². The van der Waals surface area contributed by atoms with Crippen LogP contribution in [0, 0.1) is 6.92 Å². The molecule has 0 fully saturated rings. The molecule has 120 valence electrons. The predicted octanol–water partition coefficient (Wildman–Crippen LogP) is 3.56. The van der Waals surface area contributed by atoms with Crippen molar-refractivity contribution in [2.45, 2.75) is 46.1 Å². The molecule has 0 aromatic carbocycles. The number of carbonyl (C=O) groups excluding carboxylic acids is 1. The van der Waals surface area contributed by atoms with Crippen molar-refractivity contribution in [3.05, 3.63) is 22.5 Å². The molecule has 7 heteroatoms. The van der Waals surface area contributed by atoms with E-state index in [0.717, 1.165) is 35.0 Å². The highest BCUT2D eigenvalue weighted by Crippen LogP contribution is 2.23. The Morgan fingerprint density at radius 1 is 1.45 bits per heavy atom. The number of rotatable bonds is 5. The Morgan fingerprint density at radius 3 is 2.86 bits per heavy atom. The second kappa shape index (κ2) is 6.91. The summed E-state index contributed by atoms with van der Waals surface area (Å²) in [5.41, 5.74) is 1.16. The Kier molecular flexibility index (Phi) is 5.18. The predicted molar refractivity (Wildman–Crippen MR) is 84.9 cm³/mol. The zero-order valence-electron chi connectivity index (χ0n) is 13.3. The second-order valence-electron chi connectivity index (χ2n) is 5.92. The maximum Gasteiger partial charge on any atom is 0.407 e. The first-order valence-electron chi connectivity index (χ1n) is 7.17. The van der Waals surface area contributed by atoms with Gasteiger partial charge < -0.3 is 14.5 Å². The third-order valence-electron chi connectivity index (χ3n) is 2.77. The van der Waals surface area contributed by atoms with E-state index >= 15 is 0 Å². The molecule has 1 amide bonds. The quantitative estimate of drug-likeness (QED) is 0.851. The summed E-state index contributed by atoms with van der Waals surface area (Å²) in [7, 11) is 0. The summed E-state index contributed by atoms with van der Waals surface area (Å²) in [5, 5.41) is 5.73. The van der Waals surface area contributed by atoms with Gasteiger partial charge in [-0.15, -0.1) is 11.3 Å². The van der Waals surface area contributed by atoms with Gasteiger partial charge in [0.25, 0.3) is 0 Å². The van der Waals surface area contributed by atoms with Gasteiger partial charge in [0.05, 0.1) is 5.01 Å². The van der Waals surface area contributed by atoms with E-state index in [-0.39, 0.29) is 6.09 Å². The number of hydrogen-bond acceptors (Lipinski definition) is 6. The Labute approximate surface area is 133 Å². The van der Waals surface area contributed by atoms with Gasteiger partial charge in [0.2, 0.25) is 0 Å². The zero-order valence-corrected chi connectivity index (χ0v) is 14.1. The maximum absolute atomic E-state index is 11.5. The summed E-state index contributed by atoms with van der Waals surface area (Å²) in [5.74, 6) is 0.767. The number of oxazole rings is 1. The number of ether oxygens (including phenoxy) is 1. The largest absolute Gasteiger partial charge is 0.448 e. The Morgan fingerprint density at radius 2 is 2.23 bits per heavy atom. The molecule has 2 rings (SSSR count). The fourth-order valence-corrected chi connectivity index (χ4v) is 2.66. The lowest BCUT2D eigenvalue weighted by atomic mass is 10.2. The lowest BCUT2D eigenvalue weighted by molar-refractivity contribution is 0.0527. The van der Waals surface area contributed by atoms with E-state index in [2.05, 4.69) is 15.3 Å². The van der Waals surface area contributed by atoms with Crippen LogP contribution in [0.4, 0.5) is 4.79 Å². The van der Waals surface area contributed by atoms with E-state index in [9.17, 15) is 4.79 Å². The van der Waals surface area contributed by atoms with E-state index in [1.165, 1.54) is 6.39 Å². The number of amides is 1. The molecule has 0 atom stereocenters. The number of aromatic nitrogens is 2. The molecule has 0 unspecified atom stereocenters. The number of alkyl carbamates (subject to hydrolysis) is 1. The van der Waals surface area contributed by atoms with Gasteiger partial charge in [0, 0.05) is 18.3 Å². The summed E-state index contributed by atoms with van der Waals surface area (Å²) in [4.78, 5) is 20.2. The highest BCUT2D eigenvalue weighted by molar-refractivity contribution is 7.09. The van der Waals surface area contributed by atoms with Crippen molar-refractivity contribution in [1.82, 2.24) is 15.3 Å². The van der Waals surface area contributed by atoms with Crippen LogP contribution in [0.2, 0.25) is 0 Å². The smallest absolute Gasteiger partial charge is 0.407 e. The van der Waals surface area contributed by atoms with Gasteiger partial charge in [0.15, 0.2) is 6.39 Å². The fourth-order valence-electron chi connectivity index (χ4n) is 1.83. The van der Waals surface area contributed by atoms with Gasteiger partial charge in [-0.3, -0.25) is 0 Å². The van der Waals surface area contributed by atoms with Gasteiger partial charge in [-0.1, -0.05) is 0 Å². The van der Waals surface area contributed by atoms with Crippen molar-refractivity contribution in [1.29, 1.82) is 0 Å². The van der Waals surface area contributed by atoms with Crippen molar-refractivity contribution >= 4 is 17.4 Å². The van der Waals surface area contributed by atoms with E-state index in [1.807, 2.05) is 33.1 Å². The molecule has 1 N–H and O–H groups in total. The molecule has 2 aromatic heterocycles. The van der Waals surface area contributed by atoms with Crippen LogP contribution in [0.15, 0.2) is 16.2 Å². The number of hydrogen-bond donors (Lipinski definition) is 1. The number of nitrogens with one attached hydrogen (secondary N) is 1. The van der Waals surface area contributed by atoms with Crippen LogP contribution in [0.25, 0.3) is 11.4 Å². The number of thiazole rings is 1. The second-order valence-corrected chi connectivity index (χ2v) is 6.86. The Hall–Kier alpha value is -1.89. The van der Waals surface area contributed by atoms with Crippen molar-refractivity contribution in [3.63, 3.8) is 0 Å². The van der Waals surface area contributed by atoms with Gasteiger partial charge in [-0.2, -0.15) is 0 Å². The molecule has 0 spiro atoms. The van der Waals surface area contributed by atoms with E-state index in [0.29, 0.717) is 6.54 Å². The Balaban J connectivity index is 1.76. The average Bonchev–Trinajstić information content (AvgIpc) is 3.01. The third kappa shape index (κ3) is 4.84. The summed E-state index contributed by atoms with van der Waals surface area (Å²) in [6.45, 7) is 7.96. The Bertz CT molecular complexity index is 628. The van der Waals surface area contributed by atoms with Gasteiger partial charge >= 0.3 is 6.09 Å². The lowest BCUT2D eigenvalue weighted by Gasteiger charge is -2.19. The SMILES string of the molecule is Cc1ocnc1-c1csc(CCCNC(=O)OC(C)(C)C)n1. The molecule has 0 saturated heterocycles. The molecule has 6 nitrogen and oxygen atoms in total. The highest BCUT2D eigenvalue weighted by atomic mass is 32.1. The van der Waals surface area contributed by atoms with Gasteiger partial charge in [-0.25, -0.2) is 14.8 Å². The molecule has 22 heavy (non-hydrogen) atoms. The maximum atomic E-state index is 11.5. The van der Waals surface area contributed by atoms with Crippen molar-refractivity contribution in [2.24, 2.45) is 0 Å². The minimum absolute atomic E-state index is 0.384. The molecule has 0 aliphatic heterocycles. The normalized spacial score (nSPS) is 11.5. The molecule has 0 saturated carbocycles. The average molecular weight is 323 g/mol. The summed E-state index contributed by atoms with van der Waals surface area (Å²) in [6, 6.07) is 0. The van der Waals surface area contributed by atoms with Crippen LogP contribution in [0.3, 0.4) is 0 Å². The van der Waals surface area contributed by atoms with Crippen LogP contribution >= 0.6 is 11.3 Å². The summed E-state index contributed by atoms with van der Waals surface area (Å²) in [6.07, 6.45) is 2.65. The molecule has 0 bridgehead atoms. The lowest BCUT2D eigenvalue weighted by Crippen LogP contribution is -2.33. The fraction of sp³-hybridized carbons (Fsp3) is 0.533. The van der Waals surface area contributed by atoms with Gasteiger partial charge in [0.1, 0.15) is 22.7 Å². The van der Waals surface area contributed by atoms with Crippen LogP contribution < -0.4 is 5.32 Å². The molecular formula is C15H21N3O3S. The van der Waals surface area contributed by atoms with Crippen LogP contribution in [-0.2, 0) is 11.2 Å². The molecular weight excluding hydrogens is 302 g/mol. The monoisotopic (exact) mass is 323 g/mol. The van der Waals surface area contributed by atoms with Crippen molar-refractivity contribution in [3.8, 4) is 11.4 Å². The summed E-state index contributed by atoms with van der Waals surface area (Å²) >= 11 is 1.59. The van der Waals surface area contributed by atoms with Crippen LogP contribution in [0.1, 0.15) is 38.0 Å². The van der Waals surface area contributed by atoms with E-state index in [1.54, 1.807) is 11.3 Å². The summed E-state index contributed by atoms with van der Waals surface area (Å²) < 4.78 is 10.4. The standard InChI is InChI=1S/C15H21N3O3S/c1-10-13(17-9-20-10)11-8-22-12(18-11)6-5-7-16-14(19)21-15(2,3)4/h8-9H,5-7H2,1-4H3,(H,16,19). The molecule has 2 aromatic rings. The van der Waals surface area contributed by atoms with Crippen molar-refractivity contribution < 1.29 is 13.9 Å². The minimum atomic E-state index is -0.469. The molecule has 0 radical (unpaired) electrons. The third-order valence-corrected chi connectivity index (χ3v) is 3.68. The number of nitrogens with zero attached hydrogens (tertiary/aromatic N) is 2. The minimum Gasteiger partial charge on any atom is -0.448 e. The van der Waals surface area contributed by atoms with Gasteiger partial charge in [-0.05, 0) is 34.1 Å². The topological polar surface area (TPSA) is 77.2 Å². The number of aryl methyl sites for hydroxylation is 2. The van der Waals surface area contributed by atoms with E-state index in [4.69, 9.17) is 9.15 Å². The first-order chi connectivity index (χ1) is 10.3. The first-order valence-corrected chi connectivity index (χ1v) is 8.05. The van der Waals surface area contributed by atoms with Crippen LogP contribution in [0.5, 0.6) is 0 Å². The molecule has 0 aliphatic carbocycles. The number of carbonyl (C=O) groups is 1. The highest BCUT2D eigenvalue weighted by Gasteiger charge is 2.15. The van der Waals surface area contributed by atoms with E-state index < -0.39 is 5.60 Å².